The van der Waals surface area contributed by atoms with Gasteiger partial charge in [0.05, 0.1) is 0 Å². The Morgan fingerprint density at radius 1 is 1.36 bits per heavy atom. The molecular formula is C10H10F2O2. The molecule has 0 aliphatic heterocycles. The highest BCUT2D eigenvalue weighted by atomic mass is 19.3. The highest BCUT2D eigenvalue weighted by molar-refractivity contribution is 5.77. The van der Waals surface area contributed by atoms with E-state index < -0.39 is 17.8 Å². The third-order valence-electron chi connectivity index (χ3n) is 1.89. The van der Waals surface area contributed by atoms with Gasteiger partial charge in [-0.1, -0.05) is 30.3 Å². The Morgan fingerprint density at radius 2 is 1.86 bits per heavy atom. The van der Waals surface area contributed by atoms with E-state index >= 15 is 0 Å². The van der Waals surface area contributed by atoms with Crippen LogP contribution in [0.2, 0.25) is 0 Å². The van der Waals surface area contributed by atoms with Crippen LogP contribution in [0.25, 0.3) is 0 Å². The number of alkyl halides is 2. The minimum Gasteiger partial charge on any atom is -0.481 e. The lowest BCUT2D eigenvalue weighted by molar-refractivity contribution is -0.147. The van der Waals surface area contributed by atoms with E-state index in [1.165, 1.54) is 24.3 Å². The van der Waals surface area contributed by atoms with Gasteiger partial charge >= 0.3 is 5.97 Å². The maximum absolute atomic E-state index is 12.9. The van der Waals surface area contributed by atoms with Gasteiger partial charge in [-0.05, 0) is 5.56 Å². The van der Waals surface area contributed by atoms with E-state index in [4.69, 9.17) is 5.11 Å². The van der Waals surface area contributed by atoms with Gasteiger partial charge in [0.15, 0.2) is 0 Å². The van der Waals surface area contributed by atoms with Gasteiger partial charge in [-0.15, -0.1) is 0 Å². The van der Waals surface area contributed by atoms with Crippen molar-refractivity contribution in [3.63, 3.8) is 0 Å². The second-order valence-corrected chi connectivity index (χ2v) is 3.14. The van der Waals surface area contributed by atoms with E-state index in [9.17, 15) is 13.6 Å². The minimum absolute atomic E-state index is 0.118. The summed E-state index contributed by atoms with van der Waals surface area (Å²) in [5.41, 5.74) is 0.118. The van der Waals surface area contributed by atoms with Crippen LogP contribution in [-0.2, 0) is 4.79 Å². The number of carbonyl (C=O) groups is 1. The highest BCUT2D eigenvalue weighted by Crippen LogP contribution is 2.32. The lowest BCUT2D eigenvalue weighted by Gasteiger charge is -2.19. The van der Waals surface area contributed by atoms with Crippen molar-refractivity contribution in [2.24, 2.45) is 0 Å². The van der Waals surface area contributed by atoms with Crippen LogP contribution in [0.15, 0.2) is 30.3 Å². The third kappa shape index (κ3) is 2.28. The van der Waals surface area contributed by atoms with E-state index in [0.717, 1.165) is 0 Å². The smallest absolute Gasteiger partial charge is 0.317 e. The lowest BCUT2D eigenvalue weighted by atomic mass is 9.94. The first-order valence-electron chi connectivity index (χ1n) is 4.08. The van der Waals surface area contributed by atoms with Crippen LogP contribution < -0.4 is 0 Å². The lowest BCUT2D eigenvalue weighted by Crippen LogP contribution is -2.29. The van der Waals surface area contributed by atoms with Gasteiger partial charge in [0.25, 0.3) is 5.92 Å². The summed E-state index contributed by atoms with van der Waals surface area (Å²) in [4.78, 5) is 10.7. The molecular weight excluding hydrogens is 190 g/mol. The van der Waals surface area contributed by atoms with Crippen LogP contribution in [0.3, 0.4) is 0 Å². The fraction of sp³-hybridized carbons (Fsp3) is 0.300. The standard InChI is InChI=1S/C10H10F2O2/c1-10(11,12)8(9(13)14)7-5-3-2-4-6-7/h2-6,8H,1H3,(H,13,14). The molecule has 0 radical (unpaired) electrons. The Bertz CT molecular complexity index is 317. The van der Waals surface area contributed by atoms with Gasteiger partial charge in [-0.3, -0.25) is 4.79 Å². The number of halogens is 2. The quantitative estimate of drug-likeness (QED) is 0.813. The van der Waals surface area contributed by atoms with Crippen LogP contribution in [0.4, 0.5) is 8.78 Å². The van der Waals surface area contributed by atoms with E-state index in [1.54, 1.807) is 6.07 Å². The van der Waals surface area contributed by atoms with Gasteiger partial charge in [0, 0.05) is 6.92 Å². The Hall–Kier alpha value is -1.45. The topological polar surface area (TPSA) is 37.3 Å². The summed E-state index contributed by atoms with van der Waals surface area (Å²) < 4.78 is 25.9. The Labute approximate surface area is 80.2 Å². The van der Waals surface area contributed by atoms with Crippen LogP contribution >= 0.6 is 0 Å². The fourth-order valence-corrected chi connectivity index (χ4v) is 1.30. The zero-order chi connectivity index (χ0) is 10.8. The first-order valence-corrected chi connectivity index (χ1v) is 4.08. The first kappa shape index (κ1) is 10.6. The van der Waals surface area contributed by atoms with E-state index in [-0.39, 0.29) is 5.56 Å². The second-order valence-electron chi connectivity index (χ2n) is 3.14. The van der Waals surface area contributed by atoms with Crippen molar-refractivity contribution < 1.29 is 18.7 Å². The van der Waals surface area contributed by atoms with Crippen molar-refractivity contribution in [1.29, 1.82) is 0 Å². The summed E-state index contributed by atoms with van der Waals surface area (Å²) in [7, 11) is 0. The molecule has 1 aromatic rings. The van der Waals surface area contributed by atoms with Crippen molar-refractivity contribution in [1.82, 2.24) is 0 Å². The van der Waals surface area contributed by atoms with Crippen molar-refractivity contribution >= 4 is 5.97 Å². The van der Waals surface area contributed by atoms with Crippen molar-refractivity contribution in [3.8, 4) is 0 Å². The molecule has 0 saturated carbocycles. The van der Waals surface area contributed by atoms with Crippen molar-refractivity contribution in [2.75, 3.05) is 0 Å². The SMILES string of the molecule is CC(F)(F)C(C(=O)O)c1ccccc1. The minimum atomic E-state index is -3.26. The molecule has 0 spiro atoms. The number of hydrogen-bond acceptors (Lipinski definition) is 1. The summed E-state index contributed by atoms with van der Waals surface area (Å²) in [5.74, 6) is -6.54. The number of benzene rings is 1. The fourth-order valence-electron chi connectivity index (χ4n) is 1.30. The summed E-state index contributed by atoms with van der Waals surface area (Å²) in [6.07, 6.45) is 0. The van der Waals surface area contributed by atoms with Gasteiger partial charge in [-0.2, -0.15) is 0 Å². The predicted molar refractivity (Wildman–Crippen MR) is 47.4 cm³/mol. The van der Waals surface area contributed by atoms with Crippen molar-refractivity contribution in [3.05, 3.63) is 35.9 Å². The average Bonchev–Trinajstić information content (AvgIpc) is 2.02. The van der Waals surface area contributed by atoms with Gasteiger partial charge in [0.2, 0.25) is 0 Å². The molecule has 1 rings (SSSR count). The van der Waals surface area contributed by atoms with Crippen LogP contribution in [0.1, 0.15) is 18.4 Å². The number of carboxylic acids is 1. The molecule has 1 unspecified atom stereocenters. The summed E-state index contributed by atoms with van der Waals surface area (Å²) in [6, 6.07) is 7.50. The molecule has 0 bridgehead atoms. The van der Waals surface area contributed by atoms with E-state index in [2.05, 4.69) is 0 Å². The number of aliphatic carboxylic acids is 1. The molecule has 1 aromatic carbocycles. The van der Waals surface area contributed by atoms with Crippen LogP contribution in [-0.4, -0.2) is 17.0 Å². The van der Waals surface area contributed by atoms with Gasteiger partial charge < -0.3 is 5.11 Å². The maximum Gasteiger partial charge on any atom is 0.317 e. The Kier molecular flexibility index (Phi) is 2.84. The first-order chi connectivity index (χ1) is 6.43. The highest BCUT2D eigenvalue weighted by Gasteiger charge is 2.40. The summed E-state index contributed by atoms with van der Waals surface area (Å²) in [5, 5.41) is 8.68. The molecule has 1 N–H and O–H groups in total. The van der Waals surface area contributed by atoms with Crippen LogP contribution in [0, 0.1) is 0 Å². The third-order valence-corrected chi connectivity index (χ3v) is 1.89. The molecule has 0 aliphatic carbocycles. The Balaban J connectivity index is 3.08. The summed E-state index contributed by atoms with van der Waals surface area (Å²) in [6.45, 7) is 0.610. The summed E-state index contributed by atoms with van der Waals surface area (Å²) >= 11 is 0. The maximum atomic E-state index is 12.9. The molecule has 0 aliphatic rings. The normalized spacial score (nSPS) is 13.6. The van der Waals surface area contributed by atoms with Gasteiger partial charge in [-0.25, -0.2) is 8.78 Å². The zero-order valence-corrected chi connectivity index (χ0v) is 7.58. The largest absolute Gasteiger partial charge is 0.481 e. The molecule has 0 heterocycles. The Morgan fingerprint density at radius 3 is 2.21 bits per heavy atom. The zero-order valence-electron chi connectivity index (χ0n) is 7.58. The van der Waals surface area contributed by atoms with Crippen LogP contribution in [0.5, 0.6) is 0 Å². The molecule has 0 amide bonds. The molecule has 14 heavy (non-hydrogen) atoms. The predicted octanol–water partition coefficient (Wildman–Crippen LogP) is 2.51. The molecule has 0 aromatic heterocycles. The van der Waals surface area contributed by atoms with Gasteiger partial charge in [0.1, 0.15) is 5.92 Å². The number of rotatable bonds is 3. The monoisotopic (exact) mass is 200 g/mol. The molecule has 0 fully saturated rings. The molecule has 0 saturated heterocycles. The molecule has 2 nitrogen and oxygen atoms in total. The number of hydrogen-bond donors (Lipinski definition) is 1. The van der Waals surface area contributed by atoms with Crippen molar-refractivity contribution in [2.45, 2.75) is 18.8 Å². The van der Waals surface area contributed by atoms with E-state index in [1.807, 2.05) is 0 Å². The number of carboxylic acid groups (broad SMARTS) is 1. The average molecular weight is 200 g/mol. The molecule has 4 heteroatoms. The second kappa shape index (κ2) is 3.74. The molecule has 76 valence electrons. The molecule has 1 atom stereocenters. The van der Waals surface area contributed by atoms with E-state index in [0.29, 0.717) is 6.92 Å².